The highest BCUT2D eigenvalue weighted by Crippen LogP contribution is 2.42. The maximum Gasteiger partial charge on any atom is 0.247 e. The normalized spacial score (nSPS) is 20.7. The number of carbonyl (C=O) groups excluding carboxylic acids is 1. The molecule has 22 heavy (non-hydrogen) atoms. The van der Waals surface area contributed by atoms with Gasteiger partial charge in [-0.05, 0) is 29.8 Å². The third-order valence-electron chi connectivity index (χ3n) is 3.75. The van der Waals surface area contributed by atoms with E-state index in [9.17, 15) is 4.79 Å². The molecule has 1 aliphatic rings. The number of nitrogens with two attached hydrogens (primary N) is 1. The molecule has 0 bridgehead atoms. The summed E-state index contributed by atoms with van der Waals surface area (Å²) in [5, 5.41) is 1.04. The van der Waals surface area contributed by atoms with Gasteiger partial charge in [-0.3, -0.25) is 4.79 Å². The molecule has 0 aliphatic carbocycles. The van der Waals surface area contributed by atoms with Crippen LogP contribution in [-0.4, -0.2) is 19.1 Å². The molecule has 0 unspecified atom stereocenters. The van der Waals surface area contributed by atoms with Gasteiger partial charge in [-0.1, -0.05) is 35.3 Å². The van der Waals surface area contributed by atoms with E-state index in [0.29, 0.717) is 15.8 Å². The Morgan fingerprint density at radius 1 is 1.18 bits per heavy atom. The molecule has 1 aliphatic heterocycles. The monoisotopic (exact) mass is 336 g/mol. The molecule has 0 radical (unpaired) electrons. The van der Waals surface area contributed by atoms with Crippen LogP contribution in [0.2, 0.25) is 10.0 Å². The van der Waals surface area contributed by atoms with Crippen molar-refractivity contribution in [2.45, 2.75) is 12.1 Å². The Balaban J connectivity index is 2.01. The summed E-state index contributed by atoms with van der Waals surface area (Å²) >= 11 is 12.2. The smallest absolute Gasteiger partial charge is 0.247 e. The lowest BCUT2D eigenvalue weighted by Gasteiger charge is -2.46. The number of methoxy groups -OCH3 is 1. The molecule has 1 saturated heterocycles. The summed E-state index contributed by atoms with van der Waals surface area (Å²) in [6.07, 6.45) is 0. The van der Waals surface area contributed by atoms with Crippen molar-refractivity contribution < 1.29 is 9.53 Å². The van der Waals surface area contributed by atoms with Crippen LogP contribution in [0.25, 0.3) is 0 Å². The fourth-order valence-electron chi connectivity index (χ4n) is 2.63. The highest BCUT2D eigenvalue weighted by Gasteiger charge is 2.47. The molecule has 1 amide bonds. The van der Waals surface area contributed by atoms with Gasteiger partial charge in [0.15, 0.2) is 0 Å². The molecule has 1 heterocycles. The first-order chi connectivity index (χ1) is 10.5. The fraction of sp³-hybridized carbons (Fsp3) is 0.188. The maximum absolute atomic E-state index is 12.2. The number of rotatable bonds is 3. The van der Waals surface area contributed by atoms with Crippen LogP contribution < -0.4 is 15.4 Å². The van der Waals surface area contributed by atoms with Crippen LogP contribution in [0.3, 0.4) is 0 Å². The van der Waals surface area contributed by atoms with Gasteiger partial charge in [0.05, 0.1) is 13.2 Å². The molecule has 0 saturated carbocycles. The number of halogens is 2. The van der Waals surface area contributed by atoms with E-state index in [2.05, 4.69) is 0 Å². The number of hydrogen-bond acceptors (Lipinski definition) is 3. The van der Waals surface area contributed by atoms with Gasteiger partial charge in [0.1, 0.15) is 11.8 Å². The number of amides is 1. The zero-order valence-corrected chi connectivity index (χ0v) is 13.3. The minimum absolute atomic E-state index is 0.149. The third-order valence-corrected chi connectivity index (χ3v) is 4.32. The Morgan fingerprint density at radius 3 is 2.64 bits per heavy atom. The zero-order valence-electron chi connectivity index (χ0n) is 11.8. The van der Waals surface area contributed by atoms with E-state index in [-0.39, 0.29) is 11.9 Å². The van der Waals surface area contributed by atoms with Crippen molar-refractivity contribution in [3.8, 4) is 5.75 Å². The predicted octanol–water partition coefficient (Wildman–Crippen LogP) is 3.42. The van der Waals surface area contributed by atoms with E-state index < -0.39 is 6.04 Å². The van der Waals surface area contributed by atoms with Crippen LogP contribution in [-0.2, 0) is 4.79 Å². The van der Waals surface area contributed by atoms with E-state index in [1.807, 2.05) is 18.2 Å². The van der Waals surface area contributed by atoms with Crippen molar-refractivity contribution in [2.24, 2.45) is 5.73 Å². The quantitative estimate of drug-likeness (QED) is 0.873. The minimum Gasteiger partial charge on any atom is -0.497 e. The van der Waals surface area contributed by atoms with Gasteiger partial charge in [-0.15, -0.1) is 0 Å². The van der Waals surface area contributed by atoms with Crippen LogP contribution in [0.4, 0.5) is 5.69 Å². The lowest BCUT2D eigenvalue weighted by molar-refractivity contribution is -0.126. The Hall–Kier alpha value is -1.75. The van der Waals surface area contributed by atoms with Crippen LogP contribution in [0, 0.1) is 0 Å². The van der Waals surface area contributed by atoms with Crippen molar-refractivity contribution in [1.82, 2.24) is 0 Å². The van der Waals surface area contributed by atoms with Crippen LogP contribution in [0.1, 0.15) is 11.6 Å². The van der Waals surface area contributed by atoms with E-state index in [0.717, 1.165) is 11.3 Å². The highest BCUT2D eigenvalue weighted by atomic mass is 35.5. The average molecular weight is 337 g/mol. The van der Waals surface area contributed by atoms with Gasteiger partial charge >= 0.3 is 0 Å². The van der Waals surface area contributed by atoms with Crippen molar-refractivity contribution >= 4 is 34.8 Å². The maximum atomic E-state index is 12.2. The first-order valence-electron chi connectivity index (χ1n) is 6.70. The molecule has 1 fully saturated rings. The number of ether oxygens (including phenoxy) is 1. The van der Waals surface area contributed by atoms with Gasteiger partial charge in [0, 0.05) is 21.8 Å². The van der Waals surface area contributed by atoms with Crippen molar-refractivity contribution in [2.75, 3.05) is 12.0 Å². The summed E-state index contributed by atoms with van der Waals surface area (Å²) in [7, 11) is 1.58. The van der Waals surface area contributed by atoms with Gasteiger partial charge < -0.3 is 15.4 Å². The lowest BCUT2D eigenvalue weighted by atomic mass is 9.88. The Labute approximate surface area is 138 Å². The zero-order chi connectivity index (χ0) is 15.9. The number of hydrogen-bond donors (Lipinski definition) is 1. The summed E-state index contributed by atoms with van der Waals surface area (Å²) in [6.45, 7) is 0. The molecule has 0 aromatic heterocycles. The molecule has 2 N–H and O–H groups in total. The van der Waals surface area contributed by atoms with Gasteiger partial charge in [-0.25, -0.2) is 0 Å². The summed E-state index contributed by atoms with van der Waals surface area (Å²) in [4.78, 5) is 13.8. The van der Waals surface area contributed by atoms with Gasteiger partial charge in [-0.2, -0.15) is 0 Å². The number of carbonyl (C=O) groups is 1. The molecule has 114 valence electrons. The second-order valence-electron chi connectivity index (χ2n) is 5.05. The number of anilines is 1. The second-order valence-corrected chi connectivity index (χ2v) is 5.89. The molecular formula is C16H14Cl2N2O2. The summed E-state index contributed by atoms with van der Waals surface area (Å²) in [5.41, 5.74) is 7.49. The number of β-lactam (4-membered cyclic amide) rings is 1. The number of benzene rings is 2. The largest absolute Gasteiger partial charge is 0.497 e. The van der Waals surface area contributed by atoms with E-state index in [1.165, 1.54) is 0 Å². The Bertz CT molecular complexity index is 736. The molecule has 2 aromatic carbocycles. The summed E-state index contributed by atoms with van der Waals surface area (Å²) < 4.78 is 5.20. The molecule has 2 atom stereocenters. The third kappa shape index (κ3) is 2.43. The molecule has 2 aromatic rings. The summed E-state index contributed by atoms with van der Waals surface area (Å²) in [5.74, 6) is 0.524. The average Bonchev–Trinajstić information content (AvgIpc) is 2.52. The minimum atomic E-state index is -0.620. The van der Waals surface area contributed by atoms with Crippen molar-refractivity contribution in [3.63, 3.8) is 0 Å². The Kier molecular flexibility index (Phi) is 4.00. The van der Waals surface area contributed by atoms with Crippen LogP contribution in [0.15, 0.2) is 42.5 Å². The van der Waals surface area contributed by atoms with E-state index in [1.54, 1.807) is 36.3 Å². The molecule has 3 rings (SSSR count). The molecule has 4 nitrogen and oxygen atoms in total. The van der Waals surface area contributed by atoms with Gasteiger partial charge in [0.25, 0.3) is 0 Å². The number of nitrogens with zero attached hydrogens (tertiary/aromatic N) is 1. The predicted molar refractivity (Wildman–Crippen MR) is 87.7 cm³/mol. The Morgan fingerprint density at radius 2 is 1.95 bits per heavy atom. The molecule has 6 heteroatoms. The van der Waals surface area contributed by atoms with E-state index in [4.69, 9.17) is 33.7 Å². The first kappa shape index (κ1) is 15.2. The van der Waals surface area contributed by atoms with Crippen LogP contribution >= 0.6 is 23.2 Å². The van der Waals surface area contributed by atoms with Crippen LogP contribution in [0.5, 0.6) is 5.75 Å². The highest BCUT2D eigenvalue weighted by molar-refractivity contribution is 6.35. The lowest BCUT2D eigenvalue weighted by Crippen LogP contribution is -2.63. The first-order valence-corrected chi connectivity index (χ1v) is 7.46. The fourth-order valence-corrected chi connectivity index (χ4v) is 3.15. The topological polar surface area (TPSA) is 55.6 Å². The summed E-state index contributed by atoms with van der Waals surface area (Å²) in [6, 6.07) is 11.5. The standard InChI is InChI=1S/C16H14Cl2N2O2/c1-22-11-4-2-3-10(8-11)20-15(14(19)16(20)21)12-6-5-9(17)7-13(12)18/h2-8,14-15H,19H2,1H3/t14-,15+/m0/s1. The second kappa shape index (κ2) is 5.80. The molecular weight excluding hydrogens is 323 g/mol. The van der Waals surface area contributed by atoms with Gasteiger partial charge in [0.2, 0.25) is 5.91 Å². The van der Waals surface area contributed by atoms with Crippen molar-refractivity contribution in [1.29, 1.82) is 0 Å². The van der Waals surface area contributed by atoms with Crippen molar-refractivity contribution in [3.05, 3.63) is 58.1 Å². The van der Waals surface area contributed by atoms with E-state index >= 15 is 0 Å². The molecule has 0 spiro atoms. The SMILES string of the molecule is COc1cccc(N2C(=O)[C@@H](N)[C@H]2c2ccc(Cl)cc2Cl)c1.